The molecular formula is C24H31NO4. The molecule has 1 aliphatic heterocycles. The van der Waals surface area contributed by atoms with Crippen molar-refractivity contribution in [2.45, 2.75) is 45.1 Å². The molecule has 0 N–H and O–H groups in total. The maximum Gasteiger partial charge on any atom is 0.409 e. The molecule has 0 aromatic heterocycles. The highest BCUT2D eigenvalue weighted by atomic mass is 16.6. The predicted octanol–water partition coefficient (Wildman–Crippen LogP) is 4.87. The molecule has 0 bridgehead atoms. The number of methoxy groups -OCH3 is 1. The zero-order valence-electron chi connectivity index (χ0n) is 17.4. The number of benzene rings is 2. The lowest BCUT2D eigenvalue weighted by atomic mass is 10.0. The topological polar surface area (TPSA) is 48.0 Å². The first-order valence-electron chi connectivity index (χ1n) is 10.5. The van der Waals surface area contributed by atoms with Crippen molar-refractivity contribution in [1.82, 2.24) is 4.90 Å². The summed E-state index contributed by atoms with van der Waals surface area (Å²) in [7, 11) is 1.69. The molecular weight excluding hydrogens is 366 g/mol. The summed E-state index contributed by atoms with van der Waals surface area (Å²) in [4.78, 5) is 13.9. The fraction of sp³-hybridized carbons (Fsp3) is 0.458. The van der Waals surface area contributed by atoms with Crippen LogP contribution in [0.15, 0.2) is 48.5 Å². The molecule has 3 rings (SSSR count). The SMILES string of the molecule is CCOC(=O)N1CCC[C@H]1CCOc1ccccc1CCc1cccc(OC)c1. The van der Waals surface area contributed by atoms with Gasteiger partial charge in [0.25, 0.3) is 0 Å². The van der Waals surface area contributed by atoms with Gasteiger partial charge >= 0.3 is 6.09 Å². The molecule has 1 fully saturated rings. The van der Waals surface area contributed by atoms with Crippen LogP contribution in [0.5, 0.6) is 11.5 Å². The van der Waals surface area contributed by atoms with Gasteiger partial charge in [-0.25, -0.2) is 4.79 Å². The van der Waals surface area contributed by atoms with E-state index in [0.717, 1.165) is 50.1 Å². The van der Waals surface area contributed by atoms with Gasteiger partial charge in [0.15, 0.2) is 0 Å². The number of aryl methyl sites for hydroxylation is 2. The van der Waals surface area contributed by atoms with Crippen LogP contribution in [0.2, 0.25) is 0 Å². The fourth-order valence-electron chi connectivity index (χ4n) is 3.85. The van der Waals surface area contributed by atoms with Crippen LogP contribution in [0, 0.1) is 0 Å². The lowest BCUT2D eigenvalue weighted by Gasteiger charge is -2.24. The van der Waals surface area contributed by atoms with E-state index in [1.54, 1.807) is 7.11 Å². The van der Waals surface area contributed by atoms with Crippen molar-refractivity contribution in [3.05, 3.63) is 59.7 Å². The second kappa shape index (κ2) is 10.7. The molecule has 1 saturated heterocycles. The van der Waals surface area contributed by atoms with Crippen molar-refractivity contribution in [2.75, 3.05) is 26.9 Å². The summed E-state index contributed by atoms with van der Waals surface area (Å²) < 4.78 is 16.6. The van der Waals surface area contributed by atoms with Crippen molar-refractivity contribution in [1.29, 1.82) is 0 Å². The number of hydrogen-bond acceptors (Lipinski definition) is 4. The quantitative estimate of drug-likeness (QED) is 0.606. The second-order valence-electron chi connectivity index (χ2n) is 7.28. The van der Waals surface area contributed by atoms with Crippen molar-refractivity contribution >= 4 is 6.09 Å². The highest BCUT2D eigenvalue weighted by molar-refractivity contribution is 5.68. The summed E-state index contributed by atoms with van der Waals surface area (Å²) in [5, 5.41) is 0. The van der Waals surface area contributed by atoms with Gasteiger partial charge in [-0.2, -0.15) is 0 Å². The van der Waals surface area contributed by atoms with E-state index in [4.69, 9.17) is 14.2 Å². The lowest BCUT2D eigenvalue weighted by molar-refractivity contribution is 0.0983. The van der Waals surface area contributed by atoms with E-state index in [1.807, 2.05) is 42.2 Å². The number of ether oxygens (including phenoxy) is 3. The van der Waals surface area contributed by atoms with E-state index < -0.39 is 0 Å². The first-order valence-corrected chi connectivity index (χ1v) is 10.5. The molecule has 0 saturated carbocycles. The van der Waals surface area contributed by atoms with Crippen LogP contribution in [-0.4, -0.2) is 43.9 Å². The molecule has 0 unspecified atom stereocenters. The minimum atomic E-state index is -0.200. The highest BCUT2D eigenvalue weighted by Gasteiger charge is 2.29. The van der Waals surface area contributed by atoms with Gasteiger partial charge in [-0.05, 0) is 61.9 Å². The van der Waals surface area contributed by atoms with Crippen molar-refractivity contribution < 1.29 is 19.0 Å². The monoisotopic (exact) mass is 397 g/mol. The summed E-state index contributed by atoms with van der Waals surface area (Å²) in [5.74, 6) is 1.81. The molecule has 1 aliphatic rings. The van der Waals surface area contributed by atoms with Gasteiger partial charge in [0, 0.05) is 19.0 Å². The van der Waals surface area contributed by atoms with E-state index >= 15 is 0 Å². The molecule has 1 heterocycles. The Morgan fingerprint density at radius 2 is 2.00 bits per heavy atom. The molecule has 0 radical (unpaired) electrons. The minimum Gasteiger partial charge on any atom is -0.497 e. The van der Waals surface area contributed by atoms with E-state index in [1.165, 1.54) is 11.1 Å². The van der Waals surface area contributed by atoms with Gasteiger partial charge in [-0.15, -0.1) is 0 Å². The van der Waals surface area contributed by atoms with E-state index in [9.17, 15) is 4.79 Å². The number of hydrogen-bond donors (Lipinski definition) is 0. The maximum absolute atomic E-state index is 12.1. The Kier molecular flexibility index (Phi) is 7.79. The smallest absolute Gasteiger partial charge is 0.409 e. The maximum atomic E-state index is 12.1. The standard InChI is InChI=1S/C24H31NO4/c1-3-28-24(26)25-16-7-10-21(25)15-17-29-23-12-5-4-9-20(23)14-13-19-8-6-11-22(18-19)27-2/h4-6,8-9,11-12,18,21H,3,7,10,13-17H2,1-2H3/t21-/m0/s1. The van der Waals surface area contributed by atoms with Crippen molar-refractivity contribution in [2.24, 2.45) is 0 Å². The van der Waals surface area contributed by atoms with Crippen LogP contribution in [0.25, 0.3) is 0 Å². The number of nitrogens with zero attached hydrogens (tertiary/aromatic N) is 1. The van der Waals surface area contributed by atoms with E-state index in [2.05, 4.69) is 18.2 Å². The predicted molar refractivity (Wildman–Crippen MR) is 114 cm³/mol. The summed E-state index contributed by atoms with van der Waals surface area (Å²) in [6.45, 7) is 3.63. The molecule has 1 atom stereocenters. The van der Waals surface area contributed by atoms with Gasteiger partial charge in [0.05, 0.1) is 20.3 Å². The van der Waals surface area contributed by atoms with E-state index in [-0.39, 0.29) is 12.1 Å². The highest BCUT2D eigenvalue weighted by Crippen LogP contribution is 2.24. The number of likely N-dealkylation sites (tertiary alicyclic amines) is 1. The number of carbonyl (C=O) groups is 1. The summed E-state index contributed by atoms with van der Waals surface area (Å²) in [6.07, 6.45) is 4.50. The third-order valence-corrected chi connectivity index (χ3v) is 5.38. The average Bonchev–Trinajstić information content (AvgIpc) is 3.22. The number of para-hydroxylation sites is 1. The molecule has 0 aliphatic carbocycles. The molecule has 2 aromatic rings. The minimum absolute atomic E-state index is 0.200. The van der Waals surface area contributed by atoms with Gasteiger partial charge in [-0.3, -0.25) is 0 Å². The number of amides is 1. The zero-order chi connectivity index (χ0) is 20.5. The fourth-order valence-corrected chi connectivity index (χ4v) is 3.85. The Morgan fingerprint density at radius 3 is 2.83 bits per heavy atom. The Balaban J connectivity index is 1.53. The van der Waals surface area contributed by atoms with Crippen molar-refractivity contribution in [3.63, 3.8) is 0 Å². The molecule has 2 aromatic carbocycles. The van der Waals surface area contributed by atoms with E-state index in [0.29, 0.717) is 13.2 Å². The van der Waals surface area contributed by atoms with Crippen LogP contribution in [0.3, 0.4) is 0 Å². The molecule has 0 spiro atoms. The molecule has 5 nitrogen and oxygen atoms in total. The van der Waals surface area contributed by atoms with Gasteiger partial charge in [-0.1, -0.05) is 30.3 Å². The Morgan fingerprint density at radius 1 is 1.14 bits per heavy atom. The van der Waals surface area contributed by atoms with Gasteiger partial charge in [0.1, 0.15) is 11.5 Å². The number of rotatable bonds is 9. The summed E-state index contributed by atoms with van der Waals surface area (Å²) in [6, 6.07) is 16.6. The summed E-state index contributed by atoms with van der Waals surface area (Å²) >= 11 is 0. The number of carbonyl (C=O) groups excluding carboxylic acids is 1. The largest absolute Gasteiger partial charge is 0.497 e. The Bertz CT molecular complexity index is 792. The normalized spacial score (nSPS) is 15.9. The second-order valence-corrected chi connectivity index (χ2v) is 7.28. The van der Waals surface area contributed by atoms with Gasteiger partial charge in [0.2, 0.25) is 0 Å². The first-order chi connectivity index (χ1) is 14.2. The zero-order valence-corrected chi connectivity index (χ0v) is 17.4. The molecule has 5 heteroatoms. The van der Waals surface area contributed by atoms with Crippen LogP contribution in [-0.2, 0) is 17.6 Å². The molecule has 156 valence electrons. The van der Waals surface area contributed by atoms with Crippen LogP contribution >= 0.6 is 0 Å². The van der Waals surface area contributed by atoms with Crippen LogP contribution < -0.4 is 9.47 Å². The molecule has 29 heavy (non-hydrogen) atoms. The Hall–Kier alpha value is -2.69. The third-order valence-electron chi connectivity index (χ3n) is 5.38. The Labute approximate surface area is 173 Å². The van der Waals surface area contributed by atoms with Crippen molar-refractivity contribution in [3.8, 4) is 11.5 Å². The summed E-state index contributed by atoms with van der Waals surface area (Å²) in [5.41, 5.74) is 2.44. The van der Waals surface area contributed by atoms with Gasteiger partial charge < -0.3 is 19.1 Å². The van der Waals surface area contributed by atoms with Crippen LogP contribution in [0.4, 0.5) is 4.79 Å². The lowest BCUT2D eigenvalue weighted by Crippen LogP contribution is -2.36. The molecule has 1 amide bonds. The average molecular weight is 398 g/mol. The first kappa shape index (κ1) is 21.0. The third kappa shape index (κ3) is 5.89. The van der Waals surface area contributed by atoms with Crippen LogP contribution in [0.1, 0.15) is 37.3 Å².